The first kappa shape index (κ1) is 39.0. The fourth-order valence-electron chi connectivity index (χ4n) is 7.64. The number of unbranched alkanes of at least 4 members (excludes halogenated alkanes) is 1. The van der Waals surface area contributed by atoms with Gasteiger partial charge in [0.25, 0.3) is 0 Å². The molecule has 2 saturated heterocycles. The van der Waals surface area contributed by atoms with Crippen LogP contribution < -0.4 is 0 Å². The number of esters is 1. The normalized spacial score (nSPS) is 33.2. The first-order valence-corrected chi connectivity index (χ1v) is 18.8. The molecule has 0 radical (unpaired) electrons. The smallest absolute Gasteiger partial charge is 0.410 e. The van der Waals surface area contributed by atoms with Crippen LogP contribution in [0.1, 0.15) is 87.0 Å². The van der Waals surface area contributed by atoms with Crippen molar-refractivity contribution >= 4 is 37.0 Å². The number of aryl methyl sites for hydroxylation is 1. The van der Waals surface area contributed by atoms with Crippen LogP contribution in [-0.2, 0) is 30.3 Å². The zero-order valence-electron chi connectivity index (χ0n) is 31.2. The molecule has 49 heavy (non-hydrogen) atoms. The third-order valence-electron chi connectivity index (χ3n) is 11.7. The van der Waals surface area contributed by atoms with Crippen LogP contribution >= 0.6 is 11.3 Å². The summed E-state index contributed by atoms with van der Waals surface area (Å²) in [6, 6.07) is -0.483. The van der Waals surface area contributed by atoms with Gasteiger partial charge in [-0.2, -0.15) is 0 Å². The lowest BCUT2D eigenvalue weighted by molar-refractivity contribution is -0.171. The summed E-state index contributed by atoms with van der Waals surface area (Å²) in [7, 11) is 5.87. The Balaban J connectivity index is 1.56. The SMILES string of the molecule is B[C@@]1(C(C)OC)CC[C@H](C)CCN(C)[C@@H](C)[C@H]2N(CCCCn3cc(-c4nccs4)nn3)C(=O)O[C@]2(C)[C@@H](CC)OC(=O)[C@H](C)C(=O)[C@@H]1C. The fourth-order valence-corrected chi connectivity index (χ4v) is 8.23. The predicted molar refractivity (Wildman–Crippen MR) is 192 cm³/mol. The van der Waals surface area contributed by atoms with E-state index in [1.54, 1.807) is 24.9 Å². The monoisotopic (exact) mass is 700 g/mol. The standard InChI is InChI=1S/C35H57BN6O6S/c1-10-28-34(7)30(42(33(45)48-34)18-12-11-17-41-21-27(38-39-41)31-37-16-20-49-31)25(5)40(8)19-14-22(2)13-15-35(36,26(6)46-9)24(4)29(43)23(3)32(44)47-28/h16,20-26,28,30H,10-15,17-19,36H2,1-9H3/t22-,23+,24-,25-,26?,28+,30+,34+,35-/m0/s1. The number of nitrogens with zero attached hydrogens (tertiary/aromatic N) is 6. The number of carbonyl (C=O) groups is 3. The second kappa shape index (κ2) is 16.5. The van der Waals surface area contributed by atoms with Crippen molar-refractivity contribution in [1.82, 2.24) is 29.8 Å². The molecule has 4 heterocycles. The van der Waals surface area contributed by atoms with Crippen molar-refractivity contribution in [3.05, 3.63) is 17.8 Å². The molecule has 4 rings (SSSR count). The number of aromatic nitrogens is 4. The fraction of sp³-hybridized carbons (Fsp3) is 0.771. The second-order valence-corrected chi connectivity index (χ2v) is 15.7. The minimum atomic E-state index is -1.13. The maximum absolute atomic E-state index is 13.9. The topological polar surface area (TPSA) is 129 Å². The number of methoxy groups -OCH3 is 1. The van der Waals surface area contributed by atoms with E-state index < -0.39 is 40.9 Å². The molecule has 0 bridgehead atoms. The van der Waals surface area contributed by atoms with Gasteiger partial charge in [0.1, 0.15) is 36.4 Å². The molecule has 0 saturated carbocycles. The Bertz CT molecular complexity index is 1410. The third kappa shape index (κ3) is 8.39. The van der Waals surface area contributed by atoms with Crippen LogP contribution in [0, 0.1) is 17.8 Å². The summed E-state index contributed by atoms with van der Waals surface area (Å²) in [5.74, 6) is -1.74. The second-order valence-electron chi connectivity index (χ2n) is 14.8. The van der Waals surface area contributed by atoms with Crippen LogP contribution in [0.15, 0.2) is 17.8 Å². The lowest BCUT2D eigenvalue weighted by Crippen LogP contribution is -2.61. The van der Waals surface area contributed by atoms with E-state index in [1.165, 1.54) is 11.3 Å². The van der Waals surface area contributed by atoms with Crippen molar-refractivity contribution in [1.29, 1.82) is 0 Å². The number of ether oxygens (including phenoxy) is 3. The maximum Gasteiger partial charge on any atom is 0.410 e. The van der Waals surface area contributed by atoms with Crippen molar-refractivity contribution in [2.45, 2.75) is 129 Å². The molecule has 0 N–H and O–H groups in total. The predicted octanol–water partition coefficient (Wildman–Crippen LogP) is 4.89. The van der Waals surface area contributed by atoms with E-state index >= 15 is 0 Å². The van der Waals surface area contributed by atoms with Gasteiger partial charge in [0.15, 0.2) is 5.60 Å². The van der Waals surface area contributed by atoms with Gasteiger partial charge in [-0.05, 0) is 78.2 Å². The minimum absolute atomic E-state index is 0.0988. The van der Waals surface area contributed by atoms with E-state index in [0.29, 0.717) is 25.4 Å². The molecule has 0 aliphatic carbocycles. The van der Waals surface area contributed by atoms with Gasteiger partial charge in [-0.3, -0.25) is 19.2 Å². The summed E-state index contributed by atoms with van der Waals surface area (Å²) in [4.78, 5) is 49.8. The number of fused-ring (bicyclic) bond motifs is 1. The highest BCUT2D eigenvalue weighted by Gasteiger charge is 2.59. The van der Waals surface area contributed by atoms with Crippen molar-refractivity contribution < 1.29 is 28.6 Å². The Labute approximate surface area is 297 Å². The summed E-state index contributed by atoms with van der Waals surface area (Å²) in [5.41, 5.74) is -0.380. The van der Waals surface area contributed by atoms with E-state index in [9.17, 15) is 14.4 Å². The van der Waals surface area contributed by atoms with Crippen LogP contribution in [0.5, 0.6) is 0 Å². The van der Waals surface area contributed by atoms with Crippen molar-refractivity contribution in [2.75, 3.05) is 27.2 Å². The van der Waals surface area contributed by atoms with E-state index in [4.69, 9.17) is 14.2 Å². The van der Waals surface area contributed by atoms with E-state index in [-0.39, 0.29) is 24.0 Å². The Morgan fingerprint density at radius 2 is 1.86 bits per heavy atom. The van der Waals surface area contributed by atoms with E-state index in [0.717, 1.165) is 49.4 Å². The van der Waals surface area contributed by atoms with Crippen molar-refractivity contribution in [3.63, 3.8) is 0 Å². The number of amides is 1. The molecule has 2 fully saturated rings. The Morgan fingerprint density at radius 3 is 2.51 bits per heavy atom. The summed E-state index contributed by atoms with van der Waals surface area (Å²) in [6.45, 7) is 15.7. The number of rotatable bonds is 9. The van der Waals surface area contributed by atoms with E-state index in [2.05, 4.69) is 48.9 Å². The first-order chi connectivity index (χ1) is 23.2. The summed E-state index contributed by atoms with van der Waals surface area (Å²) < 4.78 is 20.0. The number of Topliss-reactive ketones (excluding diaryl/α,β-unsaturated/α-hetero) is 1. The van der Waals surface area contributed by atoms with Crippen LogP contribution in [0.3, 0.4) is 0 Å². The van der Waals surface area contributed by atoms with Crippen molar-refractivity contribution in [3.8, 4) is 10.7 Å². The van der Waals surface area contributed by atoms with Gasteiger partial charge in [-0.15, -0.1) is 16.4 Å². The number of carbonyl (C=O) groups excluding carboxylic acids is 3. The number of ketones is 1. The molecule has 2 aliphatic rings. The van der Waals surface area contributed by atoms with Crippen LogP contribution in [0.25, 0.3) is 10.7 Å². The summed E-state index contributed by atoms with van der Waals surface area (Å²) >= 11 is 1.52. The van der Waals surface area contributed by atoms with Gasteiger partial charge in [-0.25, -0.2) is 9.78 Å². The van der Waals surface area contributed by atoms with Crippen molar-refractivity contribution in [2.24, 2.45) is 17.8 Å². The van der Waals surface area contributed by atoms with Crippen LogP contribution in [-0.4, -0.2) is 113 Å². The number of cyclic esters (lactones) is 1. The van der Waals surface area contributed by atoms with Gasteiger partial charge in [0, 0.05) is 43.7 Å². The number of hydrogen-bond acceptors (Lipinski definition) is 11. The summed E-state index contributed by atoms with van der Waals surface area (Å²) in [6.07, 6.45) is 6.92. The molecule has 1 amide bonds. The Morgan fingerprint density at radius 1 is 1.14 bits per heavy atom. The highest BCUT2D eigenvalue weighted by molar-refractivity contribution is 7.13. The van der Waals surface area contributed by atoms with Gasteiger partial charge >= 0.3 is 12.1 Å². The molecule has 0 aromatic carbocycles. The molecule has 1 unspecified atom stereocenters. The zero-order chi connectivity index (χ0) is 36.1. The van der Waals surface area contributed by atoms with Gasteiger partial charge in [0.05, 0.1) is 18.3 Å². The Hall–Kier alpha value is -2.84. The molecule has 9 atom stereocenters. The van der Waals surface area contributed by atoms with Crippen LogP contribution in [0.2, 0.25) is 5.31 Å². The molecular formula is C35H57BN6O6S. The molecule has 2 aromatic rings. The molecule has 2 aliphatic heterocycles. The lowest BCUT2D eigenvalue weighted by Gasteiger charge is -2.44. The molecular weight excluding hydrogens is 643 g/mol. The average Bonchev–Trinajstić information content (AvgIpc) is 3.84. The average molecular weight is 701 g/mol. The molecule has 0 spiro atoms. The molecule has 12 nitrogen and oxygen atoms in total. The molecule has 2 aromatic heterocycles. The highest BCUT2D eigenvalue weighted by Crippen LogP contribution is 2.45. The molecule has 14 heteroatoms. The van der Waals surface area contributed by atoms with Crippen LogP contribution in [0.4, 0.5) is 4.79 Å². The zero-order valence-corrected chi connectivity index (χ0v) is 32.0. The third-order valence-corrected chi connectivity index (χ3v) is 12.5. The quantitative estimate of drug-likeness (QED) is 0.154. The molecule has 272 valence electrons. The number of thiazole rings is 1. The number of hydrogen-bond donors (Lipinski definition) is 0. The van der Waals surface area contributed by atoms with Gasteiger partial charge in [-0.1, -0.05) is 38.8 Å². The van der Waals surface area contributed by atoms with Gasteiger partial charge in [0.2, 0.25) is 0 Å². The van der Waals surface area contributed by atoms with E-state index in [1.807, 2.05) is 44.2 Å². The first-order valence-electron chi connectivity index (χ1n) is 17.9. The highest BCUT2D eigenvalue weighted by atomic mass is 32.1. The Kier molecular flexibility index (Phi) is 13.1. The largest absolute Gasteiger partial charge is 0.458 e. The number of likely N-dealkylation sites (N-methyl/N-ethyl adjacent to an activating group) is 1. The van der Waals surface area contributed by atoms with Gasteiger partial charge < -0.3 is 19.1 Å². The summed E-state index contributed by atoms with van der Waals surface area (Å²) in [5, 5.41) is 10.8. The lowest BCUT2D eigenvalue weighted by atomic mass is 9.53. The maximum atomic E-state index is 13.9. The minimum Gasteiger partial charge on any atom is -0.458 e.